The minimum Gasteiger partial charge on any atom is -0.238 e. The van der Waals surface area contributed by atoms with Crippen molar-refractivity contribution >= 4 is 0 Å². The van der Waals surface area contributed by atoms with Crippen molar-refractivity contribution in [2.75, 3.05) is 0 Å². The van der Waals surface area contributed by atoms with Crippen LogP contribution in [-0.4, -0.2) is 12.3 Å². The summed E-state index contributed by atoms with van der Waals surface area (Å²) in [6.07, 6.45) is -5.23. The van der Waals surface area contributed by atoms with Crippen molar-refractivity contribution in [1.29, 1.82) is 10.5 Å². The van der Waals surface area contributed by atoms with Crippen molar-refractivity contribution in [1.82, 2.24) is 0 Å². The molecule has 14 heavy (non-hydrogen) atoms. The van der Waals surface area contributed by atoms with Gasteiger partial charge in [0.05, 0.1) is 0 Å². The molecule has 72 valence electrons. The summed E-state index contributed by atoms with van der Waals surface area (Å²) < 4.78 is 51.2. The van der Waals surface area contributed by atoms with Crippen LogP contribution in [0, 0.1) is 22.7 Å². The fourth-order valence-electron chi connectivity index (χ4n) is 0.993. The van der Waals surface area contributed by atoms with Crippen LogP contribution >= 0.6 is 0 Å². The van der Waals surface area contributed by atoms with Gasteiger partial charge in [-0.3, -0.25) is 0 Å². The standard InChI is InChI=1S/C8H2F4N2/c9-5-3(1-13)6(10)8(12)4(2-14)7(5)11/h5,7H. The second-order valence-corrected chi connectivity index (χ2v) is 2.48. The lowest BCUT2D eigenvalue weighted by molar-refractivity contribution is 0.219. The molecule has 0 N–H and O–H groups in total. The summed E-state index contributed by atoms with van der Waals surface area (Å²) in [5.74, 6) is -3.60. The highest BCUT2D eigenvalue weighted by atomic mass is 19.2. The van der Waals surface area contributed by atoms with Crippen LogP contribution in [0.25, 0.3) is 0 Å². The molecule has 0 saturated heterocycles. The Morgan fingerprint density at radius 2 is 1.14 bits per heavy atom. The maximum absolute atomic E-state index is 12.9. The van der Waals surface area contributed by atoms with Crippen LogP contribution in [-0.2, 0) is 0 Å². The van der Waals surface area contributed by atoms with Crippen molar-refractivity contribution in [3.63, 3.8) is 0 Å². The molecule has 0 radical (unpaired) electrons. The predicted molar refractivity (Wildman–Crippen MR) is 37.3 cm³/mol. The molecular weight excluding hydrogens is 200 g/mol. The second kappa shape index (κ2) is 3.51. The molecule has 1 aliphatic carbocycles. The SMILES string of the molecule is N#CC1=C(F)C(F)=C(C#N)C(F)C1F. The summed E-state index contributed by atoms with van der Waals surface area (Å²) in [7, 11) is 0. The van der Waals surface area contributed by atoms with Gasteiger partial charge in [0.15, 0.2) is 24.0 Å². The molecule has 0 heterocycles. The summed E-state index contributed by atoms with van der Waals surface area (Å²) in [6.45, 7) is 0. The molecule has 0 spiro atoms. The molecule has 0 saturated carbocycles. The van der Waals surface area contributed by atoms with E-state index in [0.717, 1.165) is 12.1 Å². The third kappa shape index (κ3) is 1.25. The Balaban J connectivity index is 3.39. The van der Waals surface area contributed by atoms with Crippen LogP contribution < -0.4 is 0 Å². The summed E-state index contributed by atoms with van der Waals surface area (Å²) in [5.41, 5.74) is -2.51. The van der Waals surface area contributed by atoms with Crippen molar-refractivity contribution in [2.45, 2.75) is 12.3 Å². The van der Waals surface area contributed by atoms with Crippen molar-refractivity contribution in [3.05, 3.63) is 22.8 Å². The first-order chi connectivity index (χ1) is 6.54. The molecule has 0 amide bonds. The van der Waals surface area contributed by atoms with Gasteiger partial charge < -0.3 is 0 Å². The van der Waals surface area contributed by atoms with E-state index in [2.05, 4.69) is 0 Å². The van der Waals surface area contributed by atoms with Gasteiger partial charge in [-0.25, -0.2) is 17.6 Å². The lowest BCUT2D eigenvalue weighted by Gasteiger charge is -2.17. The Bertz CT molecular complexity index is 370. The van der Waals surface area contributed by atoms with E-state index in [1.807, 2.05) is 0 Å². The Hall–Kier alpha value is -1.82. The molecule has 2 nitrogen and oxygen atoms in total. The number of halogens is 4. The zero-order valence-corrected chi connectivity index (χ0v) is 6.56. The van der Waals surface area contributed by atoms with E-state index in [0.29, 0.717) is 0 Å². The third-order valence-corrected chi connectivity index (χ3v) is 1.72. The molecule has 0 aromatic rings. The molecule has 0 bridgehead atoms. The van der Waals surface area contributed by atoms with Crippen LogP contribution in [0.1, 0.15) is 0 Å². The van der Waals surface area contributed by atoms with Gasteiger partial charge in [0.25, 0.3) is 0 Å². The van der Waals surface area contributed by atoms with Crippen LogP contribution in [0.15, 0.2) is 22.8 Å². The third-order valence-electron chi connectivity index (χ3n) is 1.72. The van der Waals surface area contributed by atoms with Gasteiger partial charge in [-0.2, -0.15) is 10.5 Å². The number of allylic oxidation sites excluding steroid dienone is 4. The number of nitriles is 2. The normalized spacial score (nSPS) is 27.3. The van der Waals surface area contributed by atoms with E-state index in [-0.39, 0.29) is 0 Å². The lowest BCUT2D eigenvalue weighted by atomic mass is 9.94. The summed E-state index contributed by atoms with van der Waals surface area (Å²) in [6, 6.07) is 2.03. The van der Waals surface area contributed by atoms with Gasteiger partial charge in [0.1, 0.15) is 23.3 Å². The predicted octanol–water partition coefficient (Wildman–Crippen LogP) is 2.17. The number of rotatable bonds is 0. The van der Waals surface area contributed by atoms with Crippen LogP contribution in [0.3, 0.4) is 0 Å². The fraction of sp³-hybridized carbons (Fsp3) is 0.250. The Morgan fingerprint density at radius 1 is 0.857 bits per heavy atom. The quantitative estimate of drug-likeness (QED) is 0.565. The Labute approximate surface area is 76.4 Å². The fourth-order valence-corrected chi connectivity index (χ4v) is 0.993. The molecule has 0 aromatic heterocycles. The van der Waals surface area contributed by atoms with Crippen molar-refractivity contribution in [3.8, 4) is 12.1 Å². The van der Waals surface area contributed by atoms with Gasteiger partial charge >= 0.3 is 0 Å². The Kier molecular flexibility index (Phi) is 2.57. The molecule has 1 aliphatic rings. The maximum atomic E-state index is 12.9. The molecule has 0 aliphatic heterocycles. The average Bonchev–Trinajstić information content (AvgIpc) is 2.17. The van der Waals surface area contributed by atoms with Gasteiger partial charge in [0, 0.05) is 0 Å². The molecule has 2 unspecified atom stereocenters. The zero-order valence-electron chi connectivity index (χ0n) is 6.56. The summed E-state index contributed by atoms with van der Waals surface area (Å²) >= 11 is 0. The minimum absolute atomic E-state index is 1.01. The molecule has 0 fully saturated rings. The first kappa shape index (κ1) is 10.3. The largest absolute Gasteiger partial charge is 0.238 e. The molecule has 2 atom stereocenters. The van der Waals surface area contributed by atoms with E-state index in [4.69, 9.17) is 10.5 Å². The molecule has 1 rings (SSSR count). The molecular formula is C8H2F4N2. The van der Waals surface area contributed by atoms with Gasteiger partial charge in [-0.1, -0.05) is 0 Å². The Morgan fingerprint density at radius 3 is 1.36 bits per heavy atom. The monoisotopic (exact) mass is 202 g/mol. The van der Waals surface area contributed by atoms with Crippen LogP contribution in [0.2, 0.25) is 0 Å². The van der Waals surface area contributed by atoms with E-state index in [1.165, 1.54) is 0 Å². The van der Waals surface area contributed by atoms with E-state index in [1.54, 1.807) is 0 Å². The summed E-state index contributed by atoms with van der Waals surface area (Å²) in [5, 5.41) is 16.4. The van der Waals surface area contributed by atoms with Crippen LogP contribution in [0.5, 0.6) is 0 Å². The smallest absolute Gasteiger partial charge is 0.176 e. The van der Waals surface area contributed by atoms with Gasteiger partial charge in [0.2, 0.25) is 0 Å². The number of alkyl halides is 2. The first-order valence-corrected chi connectivity index (χ1v) is 3.42. The van der Waals surface area contributed by atoms with Crippen LogP contribution in [0.4, 0.5) is 17.6 Å². The topological polar surface area (TPSA) is 47.6 Å². The van der Waals surface area contributed by atoms with E-state index < -0.39 is 35.1 Å². The number of hydrogen-bond acceptors (Lipinski definition) is 2. The maximum Gasteiger partial charge on any atom is 0.176 e. The number of nitrogens with zero attached hydrogens (tertiary/aromatic N) is 2. The lowest BCUT2D eigenvalue weighted by Crippen LogP contribution is -2.26. The highest BCUT2D eigenvalue weighted by Gasteiger charge is 2.39. The molecule has 0 aromatic carbocycles. The first-order valence-electron chi connectivity index (χ1n) is 3.42. The minimum atomic E-state index is -2.62. The highest BCUT2D eigenvalue weighted by Crippen LogP contribution is 2.35. The highest BCUT2D eigenvalue weighted by molar-refractivity contribution is 5.50. The van der Waals surface area contributed by atoms with E-state index in [9.17, 15) is 17.6 Å². The molecule has 6 heteroatoms. The van der Waals surface area contributed by atoms with Crippen molar-refractivity contribution < 1.29 is 17.6 Å². The second-order valence-electron chi connectivity index (χ2n) is 2.48. The van der Waals surface area contributed by atoms with Gasteiger partial charge in [-0.05, 0) is 0 Å². The van der Waals surface area contributed by atoms with Crippen molar-refractivity contribution in [2.24, 2.45) is 0 Å². The summed E-state index contributed by atoms with van der Waals surface area (Å²) in [4.78, 5) is 0. The van der Waals surface area contributed by atoms with E-state index >= 15 is 0 Å². The number of hydrogen-bond donors (Lipinski definition) is 0. The zero-order chi connectivity index (χ0) is 10.9. The van der Waals surface area contributed by atoms with Gasteiger partial charge in [-0.15, -0.1) is 0 Å². The average molecular weight is 202 g/mol.